The van der Waals surface area contributed by atoms with E-state index in [1.807, 2.05) is 6.92 Å². The van der Waals surface area contributed by atoms with Crippen LogP contribution in [-0.2, 0) is 30.8 Å². The van der Waals surface area contributed by atoms with E-state index in [9.17, 15) is 18.0 Å². The summed E-state index contributed by atoms with van der Waals surface area (Å²) in [6, 6.07) is 10.7. The number of rotatable bonds is 7. The third-order valence-electron chi connectivity index (χ3n) is 4.05. The second-order valence-electron chi connectivity index (χ2n) is 5.92. The van der Waals surface area contributed by atoms with Gasteiger partial charge in [0.15, 0.2) is 0 Å². The van der Waals surface area contributed by atoms with E-state index in [1.165, 1.54) is 31.4 Å². The maximum Gasteiger partial charge on any atom is 0.338 e. The van der Waals surface area contributed by atoms with Gasteiger partial charge in [0.2, 0.25) is 10.0 Å². The Bertz CT molecular complexity index is 972. The molecule has 2 rings (SSSR count). The number of methoxy groups -OCH3 is 2. The summed E-state index contributed by atoms with van der Waals surface area (Å²) in [5, 5.41) is 0.178. The fraction of sp³-hybridized carbons (Fsp3) is 0.263. The molecule has 0 amide bonds. The Hall–Kier alpha value is -2.42. The maximum absolute atomic E-state index is 13.1. The molecule has 0 aliphatic heterocycles. The largest absolute Gasteiger partial charge is 0.468 e. The minimum atomic E-state index is -4.07. The Labute approximate surface area is 168 Å². The number of carbonyl (C=O) groups excluding carboxylic acids is 2. The van der Waals surface area contributed by atoms with Gasteiger partial charge < -0.3 is 9.47 Å². The molecule has 9 heteroatoms. The third-order valence-corrected chi connectivity index (χ3v) is 6.21. The summed E-state index contributed by atoms with van der Waals surface area (Å²) in [7, 11) is -1.69. The monoisotopic (exact) mass is 425 g/mol. The summed E-state index contributed by atoms with van der Waals surface area (Å²) in [4.78, 5) is 23.9. The van der Waals surface area contributed by atoms with E-state index in [0.29, 0.717) is 0 Å². The Morgan fingerprint density at radius 3 is 2.25 bits per heavy atom. The van der Waals surface area contributed by atoms with Crippen molar-refractivity contribution in [1.82, 2.24) is 4.31 Å². The Morgan fingerprint density at radius 1 is 1.04 bits per heavy atom. The molecule has 0 saturated carbocycles. The van der Waals surface area contributed by atoms with Gasteiger partial charge in [0, 0.05) is 17.1 Å². The number of ether oxygens (including phenoxy) is 2. The Morgan fingerprint density at radius 2 is 1.68 bits per heavy atom. The van der Waals surface area contributed by atoms with Gasteiger partial charge in [0.05, 0.1) is 24.7 Å². The summed E-state index contributed by atoms with van der Waals surface area (Å²) >= 11 is 6.22. The molecule has 0 aliphatic rings. The van der Waals surface area contributed by atoms with Crippen LogP contribution in [0.5, 0.6) is 0 Å². The summed E-state index contributed by atoms with van der Waals surface area (Å²) in [5.41, 5.74) is 1.23. The standard InChI is InChI=1S/C19H20ClNO6S/c1-13-7-9-14(10-8-13)28(24,25)21(12-18(22)26-2)11-16-15(19(23)27-3)5-4-6-17(16)20/h4-10H,11-12H2,1-3H3. The molecule has 0 aromatic heterocycles. The Kier molecular flexibility index (Phi) is 7.17. The lowest BCUT2D eigenvalue weighted by Gasteiger charge is -2.23. The molecule has 0 spiro atoms. The number of nitrogens with zero attached hydrogens (tertiary/aromatic N) is 1. The van der Waals surface area contributed by atoms with Crippen molar-refractivity contribution in [1.29, 1.82) is 0 Å². The zero-order valence-electron chi connectivity index (χ0n) is 15.6. The maximum atomic E-state index is 13.1. The molecule has 28 heavy (non-hydrogen) atoms. The normalized spacial score (nSPS) is 11.3. The van der Waals surface area contributed by atoms with Gasteiger partial charge in [0.1, 0.15) is 6.54 Å². The zero-order chi connectivity index (χ0) is 20.9. The lowest BCUT2D eigenvalue weighted by atomic mass is 10.1. The van der Waals surface area contributed by atoms with Crippen LogP contribution in [0, 0.1) is 6.92 Å². The highest BCUT2D eigenvalue weighted by atomic mass is 35.5. The predicted octanol–water partition coefficient (Wildman–Crippen LogP) is 2.80. The quantitative estimate of drug-likeness (QED) is 0.633. The molecule has 0 atom stereocenters. The van der Waals surface area contributed by atoms with Crippen molar-refractivity contribution in [3.63, 3.8) is 0 Å². The van der Waals surface area contributed by atoms with Gasteiger partial charge in [0.25, 0.3) is 0 Å². The van der Waals surface area contributed by atoms with Crippen LogP contribution in [0.1, 0.15) is 21.5 Å². The number of hydrogen-bond acceptors (Lipinski definition) is 6. The van der Waals surface area contributed by atoms with Gasteiger partial charge in [-0.05, 0) is 31.2 Å². The first-order valence-corrected chi connectivity index (χ1v) is 10.0. The van der Waals surface area contributed by atoms with E-state index >= 15 is 0 Å². The van der Waals surface area contributed by atoms with Crippen molar-refractivity contribution in [2.75, 3.05) is 20.8 Å². The van der Waals surface area contributed by atoms with E-state index in [1.54, 1.807) is 18.2 Å². The van der Waals surface area contributed by atoms with Crippen molar-refractivity contribution >= 4 is 33.6 Å². The van der Waals surface area contributed by atoms with Gasteiger partial charge in [-0.15, -0.1) is 0 Å². The molecule has 150 valence electrons. The number of hydrogen-bond donors (Lipinski definition) is 0. The first-order chi connectivity index (χ1) is 13.2. The van der Waals surface area contributed by atoms with Gasteiger partial charge in [-0.2, -0.15) is 4.31 Å². The highest BCUT2D eigenvalue weighted by Crippen LogP contribution is 2.26. The number of aryl methyl sites for hydroxylation is 1. The molecule has 0 N–H and O–H groups in total. The molecule has 2 aromatic carbocycles. The zero-order valence-corrected chi connectivity index (χ0v) is 17.2. The lowest BCUT2D eigenvalue weighted by Crippen LogP contribution is -2.36. The number of benzene rings is 2. The number of halogens is 1. The van der Waals surface area contributed by atoms with Crippen LogP contribution in [0.4, 0.5) is 0 Å². The van der Waals surface area contributed by atoms with Gasteiger partial charge in [-0.1, -0.05) is 35.4 Å². The summed E-state index contributed by atoms with van der Waals surface area (Å²) in [6.45, 7) is 0.975. The van der Waals surface area contributed by atoms with Crippen LogP contribution >= 0.6 is 11.6 Å². The van der Waals surface area contributed by atoms with Gasteiger partial charge >= 0.3 is 11.9 Å². The first kappa shape index (κ1) is 21.9. The smallest absolute Gasteiger partial charge is 0.338 e. The van der Waals surface area contributed by atoms with Crippen molar-refractivity contribution in [2.45, 2.75) is 18.4 Å². The number of sulfonamides is 1. The van der Waals surface area contributed by atoms with Crippen LogP contribution in [0.3, 0.4) is 0 Å². The molecule has 0 bridgehead atoms. The van der Waals surface area contributed by atoms with E-state index in [2.05, 4.69) is 4.74 Å². The second kappa shape index (κ2) is 9.18. The average Bonchev–Trinajstić information content (AvgIpc) is 2.68. The SMILES string of the molecule is COC(=O)CN(Cc1c(Cl)cccc1C(=O)OC)S(=O)(=O)c1ccc(C)cc1. The first-order valence-electron chi connectivity index (χ1n) is 8.20. The molecule has 0 radical (unpaired) electrons. The van der Waals surface area contributed by atoms with Crippen molar-refractivity contribution < 1.29 is 27.5 Å². The molecule has 0 heterocycles. The van der Waals surface area contributed by atoms with Crippen molar-refractivity contribution in [3.05, 3.63) is 64.2 Å². The molecule has 0 aliphatic carbocycles. The summed E-state index contributed by atoms with van der Waals surface area (Å²) in [5.74, 6) is -1.41. The van der Waals surface area contributed by atoms with Crippen LogP contribution in [0.15, 0.2) is 47.4 Å². The van der Waals surface area contributed by atoms with Crippen LogP contribution in [0.25, 0.3) is 0 Å². The summed E-state index contributed by atoms with van der Waals surface area (Å²) in [6.07, 6.45) is 0. The molecule has 0 fully saturated rings. The van der Waals surface area contributed by atoms with E-state index in [0.717, 1.165) is 17.0 Å². The molecule has 2 aromatic rings. The predicted molar refractivity (Wildman–Crippen MR) is 104 cm³/mol. The fourth-order valence-corrected chi connectivity index (χ4v) is 4.08. The van der Waals surface area contributed by atoms with Crippen LogP contribution < -0.4 is 0 Å². The number of esters is 2. The summed E-state index contributed by atoms with van der Waals surface area (Å²) < 4.78 is 36.5. The highest BCUT2D eigenvalue weighted by Gasteiger charge is 2.29. The van der Waals surface area contributed by atoms with Gasteiger partial charge in [-0.25, -0.2) is 13.2 Å². The fourth-order valence-electron chi connectivity index (χ4n) is 2.49. The van der Waals surface area contributed by atoms with Crippen LogP contribution in [0.2, 0.25) is 5.02 Å². The second-order valence-corrected chi connectivity index (χ2v) is 8.26. The van der Waals surface area contributed by atoms with Crippen molar-refractivity contribution in [3.8, 4) is 0 Å². The van der Waals surface area contributed by atoms with E-state index in [-0.39, 0.29) is 27.6 Å². The highest BCUT2D eigenvalue weighted by molar-refractivity contribution is 7.89. The molecular weight excluding hydrogens is 406 g/mol. The number of carbonyl (C=O) groups is 2. The topological polar surface area (TPSA) is 90.0 Å². The minimum absolute atomic E-state index is 0.00803. The lowest BCUT2D eigenvalue weighted by molar-refractivity contribution is -0.140. The van der Waals surface area contributed by atoms with E-state index < -0.39 is 28.5 Å². The van der Waals surface area contributed by atoms with E-state index in [4.69, 9.17) is 16.3 Å². The average molecular weight is 426 g/mol. The molecule has 0 saturated heterocycles. The minimum Gasteiger partial charge on any atom is -0.468 e. The molecule has 0 unspecified atom stereocenters. The third kappa shape index (κ3) is 4.89. The van der Waals surface area contributed by atoms with Crippen molar-refractivity contribution in [2.24, 2.45) is 0 Å². The van der Waals surface area contributed by atoms with Gasteiger partial charge in [-0.3, -0.25) is 4.79 Å². The Balaban J connectivity index is 2.53. The molecule has 7 nitrogen and oxygen atoms in total. The molecular formula is C19H20ClNO6S. The van der Waals surface area contributed by atoms with Crippen LogP contribution in [-0.4, -0.2) is 45.4 Å².